The molecule has 0 spiro atoms. The zero-order valence-corrected chi connectivity index (χ0v) is 11.9. The van der Waals surface area contributed by atoms with Gasteiger partial charge in [0.05, 0.1) is 0 Å². The highest BCUT2D eigenvalue weighted by atomic mass is 79.9. The van der Waals surface area contributed by atoms with Gasteiger partial charge in [-0.25, -0.2) is 0 Å². The second-order valence-corrected chi connectivity index (χ2v) is 5.32. The van der Waals surface area contributed by atoms with Crippen molar-refractivity contribution in [3.05, 3.63) is 34.3 Å². The third-order valence-electron chi connectivity index (χ3n) is 2.98. The van der Waals surface area contributed by atoms with Crippen LogP contribution < -0.4 is 11.1 Å². The van der Waals surface area contributed by atoms with Gasteiger partial charge < -0.3 is 15.8 Å². The summed E-state index contributed by atoms with van der Waals surface area (Å²) in [6, 6.07) is 6.28. The zero-order valence-electron chi connectivity index (χ0n) is 10.3. The Morgan fingerprint density at radius 2 is 2.26 bits per heavy atom. The molecule has 1 heterocycles. The van der Waals surface area contributed by atoms with Crippen LogP contribution in [-0.2, 0) is 14.3 Å². The van der Waals surface area contributed by atoms with E-state index in [9.17, 15) is 9.59 Å². The van der Waals surface area contributed by atoms with Gasteiger partial charge in [0.15, 0.2) is 0 Å². The van der Waals surface area contributed by atoms with Crippen molar-refractivity contribution in [2.24, 2.45) is 5.73 Å². The van der Waals surface area contributed by atoms with Gasteiger partial charge in [0.1, 0.15) is 12.1 Å². The summed E-state index contributed by atoms with van der Waals surface area (Å²) in [7, 11) is 0. The molecule has 0 aliphatic carbocycles. The van der Waals surface area contributed by atoms with Gasteiger partial charge in [-0.05, 0) is 30.5 Å². The van der Waals surface area contributed by atoms with Crippen LogP contribution in [0.1, 0.15) is 24.4 Å². The van der Waals surface area contributed by atoms with E-state index in [1.165, 1.54) is 0 Å². The highest BCUT2D eigenvalue weighted by Crippen LogP contribution is 2.19. The number of carbonyl (C=O) groups is 2. The van der Waals surface area contributed by atoms with Crippen LogP contribution in [0.3, 0.4) is 0 Å². The van der Waals surface area contributed by atoms with Crippen LogP contribution in [0.2, 0.25) is 0 Å². The molecule has 6 heteroatoms. The van der Waals surface area contributed by atoms with Gasteiger partial charge in [-0.15, -0.1) is 0 Å². The molecule has 0 aromatic heterocycles. The third kappa shape index (κ3) is 3.54. The Hall–Kier alpha value is -1.40. The van der Waals surface area contributed by atoms with E-state index in [1.54, 1.807) is 18.2 Å². The van der Waals surface area contributed by atoms with Crippen molar-refractivity contribution in [3.8, 4) is 0 Å². The number of carbonyl (C=O) groups excluding carboxylic acids is 2. The first kappa shape index (κ1) is 14.0. The number of ether oxygens (including phenoxy) is 1. The van der Waals surface area contributed by atoms with Crippen LogP contribution in [-0.4, -0.2) is 24.5 Å². The van der Waals surface area contributed by atoms with E-state index in [0.717, 1.165) is 10.9 Å². The molecule has 1 fully saturated rings. The van der Waals surface area contributed by atoms with Crippen molar-refractivity contribution in [2.45, 2.75) is 25.0 Å². The number of hydrogen-bond acceptors (Lipinski definition) is 3. The van der Waals surface area contributed by atoms with Gasteiger partial charge in [0.2, 0.25) is 11.8 Å². The lowest BCUT2D eigenvalue weighted by Crippen LogP contribution is -2.42. The van der Waals surface area contributed by atoms with E-state index in [2.05, 4.69) is 21.2 Å². The maximum absolute atomic E-state index is 12.0. The lowest BCUT2D eigenvalue weighted by molar-refractivity contribution is -0.133. The van der Waals surface area contributed by atoms with E-state index in [4.69, 9.17) is 10.5 Å². The summed E-state index contributed by atoms with van der Waals surface area (Å²) >= 11 is 3.32. The number of hydrogen-bond donors (Lipinski definition) is 2. The first-order valence-electron chi connectivity index (χ1n) is 6.04. The van der Waals surface area contributed by atoms with Crippen molar-refractivity contribution in [3.63, 3.8) is 0 Å². The normalized spacial score (nSPS) is 19.9. The maximum atomic E-state index is 12.0. The molecule has 1 aliphatic heterocycles. The first-order valence-corrected chi connectivity index (χ1v) is 6.84. The standard InChI is InChI=1S/C13H15BrN2O3/c14-9-4-1-3-8(7-9)11(12(15)17)16-13(18)10-5-2-6-19-10/h1,3-4,7,10-11H,2,5-6H2,(H2,15,17)(H,16,18)/t10-,11+/m0/s1. The Bertz CT molecular complexity index is 487. The Kier molecular flexibility index (Phi) is 4.55. The van der Waals surface area contributed by atoms with Gasteiger partial charge >= 0.3 is 0 Å². The van der Waals surface area contributed by atoms with Crippen LogP contribution in [0, 0.1) is 0 Å². The molecular weight excluding hydrogens is 312 g/mol. The predicted octanol–water partition coefficient (Wildman–Crippen LogP) is 1.27. The fraction of sp³-hybridized carbons (Fsp3) is 0.385. The second-order valence-electron chi connectivity index (χ2n) is 4.40. The fourth-order valence-electron chi connectivity index (χ4n) is 2.02. The SMILES string of the molecule is NC(=O)[C@H](NC(=O)[C@@H]1CCCO1)c1cccc(Br)c1. The van der Waals surface area contributed by atoms with Crippen LogP contribution in [0.5, 0.6) is 0 Å². The Morgan fingerprint density at radius 3 is 2.84 bits per heavy atom. The Balaban J connectivity index is 2.12. The first-order chi connectivity index (χ1) is 9.08. The van der Waals surface area contributed by atoms with E-state index in [-0.39, 0.29) is 5.91 Å². The van der Waals surface area contributed by atoms with Crippen LogP contribution in [0.15, 0.2) is 28.7 Å². The molecule has 1 aliphatic rings. The number of rotatable bonds is 4. The molecule has 5 nitrogen and oxygen atoms in total. The number of benzene rings is 1. The number of nitrogens with two attached hydrogens (primary N) is 1. The Labute approximate surface area is 119 Å². The van der Waals surface area contributed by atoms with Crippen molar-refractivity contribution >= 4 is 27.7 Å². The predicted molar refractivity (Wildman–Crippen MR) is 73.2 cm³/mol. The van der Waals surface area contributed by atoms with Crippen molar-refractivity contribution in [1.82, 2.24) is 5.32 Å². The van der Waals surface area contributed by atoms with Crippen LogP contribution >= 0.6 is 15.9 Å². The monoisotopic (exact) mass is 326 g/mol. The van der Waals surface area contributed by atoms with E-state index in [1.807, 2.05) is 6.07 Å². The lowest BCUT2D eigenvalue weighted by Gasteiger charge is -2.18. The summed E-state index contributed by atoms with van der Waals surface area (Å²) in [5.41, 5.74) is 6.00. The highest BCUT2D eigenvalue weighted by Gasteiger charge is 2.28. The van der Waals surface area contributed by atoms with Crippen LogP contribution in [0.25, 0.3) is 0 Å². The molecule has 0 saturated carbocycles. The molecule has 2 atom stereocenters. The fourth-order valence-corrected chi connectivity index (χ4v) is 2.44. The molecule has 3 N–H and O–H groups in total. The summed E-state index contributed by atoms with van der Waals surface area (Å²) < 4.78 is 6.10. The summed E-state index contributed by atoms with van der Waals surface area (Å²) in [6.45, 7) is 0.580. The number of amides is 2. The van der Waals surface area contributed by atoms with Gasteiger partial charge in [-0.1, -0.05) is 28.1 Å². The topological polar surface area (TPSA) is 81.4 Å². The van der Waals surface area contributed by atoms with Gasteiger partial charge in [0, 0.05) is 11.1 Å². The van der Waals surface area contributed by atoms with E-state index >= 15 is 0 Å². The molecule has 102 valence electrons. The molecular formula is C13H15BrN2O3. The Morgan fingerprint density at radius 1 is 1.47 bits per heavy atom. The maximum Gasteiger partial charge on any atom is 0.250 e. The minimum atomic E-state index is -0.839. The highest BCUT2D eigenvalue weighted by molar-refractivity contribution is 9.10. The quantitative estimate of drug-likeness (QED) is 0.874. The summed E-state index contributed by atoms with van der Waals surface area (Å²) in [5, 5.41) is 2.64. The molecule has 1 saturated heterocycles. The van der Waals surface area contributed by atoms with Crippen LogP contribution in [0.4, 0.5) is 0 Å². The summed E-state index contributed by atoms with van der Waals surface area (Å²) in [4.78, 5) is 23.5. The molecule has 0 bridgehead atoms. The molecule has 1 aromatic rings. The average Bonchev–Trinajstić information content (AvgIpc) is 2.89. The second kappa shape index (κ2) is 6.16. The van der Waals surface area contributed by atoms with Gasteiger partial charge in [0.25, 0.3) is 0 Å². The summed E-state index contributed by atoms with van der Waals surface area (Å²) in [5.74, 6) is -0.884. The van der Waals surface area contributed by atoms with Gasteiger partial charge in [-0.2, -0.15) is 0 Å². The summed E-state index contributed by atoms with van der Waals surface area (Å²) in [6.07, 6.45) is 1.06. The van der Waals surface area contributed by atoms with Crippen molar-refractivity contribution < 1.29 is 14.3 Å². The molecule has 0 unspecified atom stereocenters. The number of primary amides is 1. The molecule has 19 heavy (non-hydrogen) atoms. The number of halogens is 1. The number of nitrogens with one attached hydrogen (secondary N) is 1. The largest absolute Gasteiger partial charge is 0.368 e. The molecule has 2 amide bonds. The van der Waals surface area contributed by atoms with Crippen molar-refractivity contribution in [2.75, 3.05) is 6.61 Å². The van der Waals surface area contributed by atoms with E-state index < -0.39 is 18.1 Å². The van der Waals surface area contributed by atoms with Gasteiger partial charge in [-0.3, -0.25) is 9.59 Å². The minimum Gasteiger partial charge on any atom is -0.368 e. The molecule has 2 rings (SSSR count). The lowest BCUT2D eigenvalue weighted by atomic mass is 10.1. The zero-order chi connectivity index (χ0) is 13.8. The third-order valence-corrected chi connectivity index (χ3v) is 3.47. The molecule has 0 radical (unpaired) electrons. The van der Waals surface area contributed by atoms with Crippen molar-refractivity contribution in [1.29, 1.82) is 0 Å². The average molecular weight is 327 g/mol. The molecule has 1 aromatic carbocycles. The minimum absolute atomic E-state index is 0.290. The smallest absolute Gasteiger partial charge is 0.250 e. The van der Waals surface area contributed by atoms with E-state index in [0.29, 0.717) is 18.6 Å².